The molecular weight excluding hydrogens is 515 g/mol. The number of piperidine rings is 1. The van der Waals surface area contributed by atoms with E-state index in [0.29, 0.717) is 25.6 Å². The van der Waals surface area contributed by atoms with Gasteiger partial charge in [-0.3, -0.25) is 9.67 Å². The Kier molecular flexibility index (Phi) is 9.56. The van der Waals surface area contributed by atoms with E-state index in [0.717, 1.165) is 31.9 Å². The van der Waals surface area contributed by atoms with Gasteiger partial charge in [-0.15, -0.1) is 24.0 Å². The number of aromatic nitrogens is 2. The van der Waals surface area contributed by atoms with Gasteiger partial charge in [-0.1, -0.05) is 24.3 Å². The maximum absolute atomic E-state index is 11.6. The summed E-state index contributed by atoms with van der Waals surface area (Å²) >= 11 is 0. The molecule has 1 aliphatic rings. The van der Waals surface area contributed by atoms with Gasteiger partial charge in [-0.25, -0.2) is 12.7 Å². The normalized spacial score (nSPS) is 16.1. The average molecular weight is 546 g/mol. The van der Waals surface area contributed by atoms with Crippen LogP contribution in [0.5, 0.6) is 0 Å². The Morgan fingerprint density at radius 3 is 2.47 bits per heavy atom. The topological polar surface area (TPSA) is 91.6 Å². The van der Waals surface area contributed by atoms with Crippen LogP contribution >= 0.6 is 24.0 Å². The number of nitrogens with zero attached hydrogens (tertiary/aromatic N) is 4. The van der Waals surface area contributed by atoms with Crippen LogP contribution in [0.3, 0.4) is 0 Å². The van der Waals surface area contributed by atoms with Crippen molar-refractivity contribution in [2.75, 3.05) is 32.9 Å². The molecule has 0 amide bonds. The number of aliphatic imine (C=N–C) groups is 1. The Labute approximate surface area is 196 Å². The molecule has 166 valence electrons. The molecule has 10 heteroatoms. The smallest absolute Gasteiger partial charge is 0.211 e. The molecule has 0 unspecified atom stereocenters. The molecule has 0 saturated carbocycles. The number of nitrogens with one attached hydrogen (secondary N) is 2. The lowest BCUT2D eigenvalue weighted by Gasteiger charge is -2.30. The molecule has 0 atom stereocenters. The maximum atomic E-state index is 11.6. The van der Waals surface area contributed by atoms with Gasteiger partial charge in [0.05, 0.1) is 12.8 Å². The molecule has 1 aromatic heterocycles. The molecule has 2 N–H and O–H groups in total. The zero-order valence-electron chi connectivity index (χ0n) is 17.5. The highest BCUT2D eigenvalue weighted by Gasteiger charge is 2.24. The first-order chi connectivity index (χ1) is 14.0. The zero-order valence-corrected chi connectivity index (χ0v) is 20.6. The van der Waals surface area contributed by atoms with Crippen LogP contribution in [0.2, 0.25) is 0 Å². The fourth-order valence-corrected chi connectivity index (χ4v) is 4.41. The monoisotopic (exact) mass is 546 g/mol. The van der Waals surface area contributed by atoms with E-state index in [1.165, 1.54) is 17.4 Å². The molecule has 0 spiro atoms. The van der Waals surface area contributed by atoms with Gasteiger partial charge in [0.2, 0.25) is 10.0 Å². The summed E-state index contributed by atoms with van der Waals surface area (Å²) in [5.74, 6) is 1.20. The van der Waals surface area contributed by atoms with E-state index in [9.17, 15) is 8.42 Å². The molecule has 1 fully saturated rings. The Hall–Kier alpha value is -1.66. The fraction of sp³-hybridized carbons (Fsp3) is 0.500. The first kappa shape index (κ1) is 24.6. The zero-order chi connectivity index (χ0) is 20.7. The van der Waals surface area contributed by atoms with E-state index in [4.69, 9.17) is 0 Å². The lowest BCUT2D eigenvalue weighted by atomic mass is 9.98. The lowest BCUT2D eigenvalue weighted by Crippen LogP contribution is -2.43. The first-order valence-electron chi connectivity index (χ1n) is 9.89. The van der Waals surface area contributed by atoms with Crippen LogP contribution in [0, 0.1) is 5.92 Å². The third-order valence-electron chi connectivity index (χ3n) is 5.28. The number of sulfonamides is 1. The van der Waals surface area contributed by atoms with Crippen LogP contribution < -0.4 is 10.6 Å². The van der Waals surface area contributed by atoms with Gasteiger partial charge >= 0.3 is 0 Å². The van der Waals surface area contributed by atoms with Crippen LogP contribution in [0.4, 0.5) is 0 Å². The summed E-state index contributed by atoms with van der Waals surface area (Å²) in [4.78, 5) is 4.32. The van der Waals surface area contributed by atoms with Crippen molar-refractivity contribution in [1.82, 2.24) is 24.7 Å². The van der Waals surface area contributed by atoms with Gasteiger partial charge in [0.1, 0.15) is 0 Å². The minimum absolute atomic E-state index is 0. The van der Waals surface area contributed by atoms with E-state index >= 15 is 0 Å². The highest BCUT2D eigenvalue weighted by atomic mass is 127. The number of hydrogen-bond donors (Lipinski definition) is 2. The van der Waals surface area contributed by atoms with Crippen LogP contribution in [0.15, 0.2) is 47.7 Å². The molecule has 0 aliphatic carbocycles. The van der Waals surface area contributed by atoms with Crippen molar-refractivity contribution >= 4 is 40.0 Å². The molecule has 2 aromatic rings. The van der Waals surface area contributed by atoms with Gasteiger partial charge in [-0.05, 0) is 36.0 Å². The van der Waals surface area contributed by atoms with Crippen molar-refractivity contribution in [2.45, 2.75) is 25.9 Å². The van der Waals surface area contributed by atoms with Crippen molar-refractivity contribution in [3.8, 4) is 0 Å². The van der Waals surface area contributed by atoms with Gasteiger partial charge < -0.3 is 10.6 Å². The summed E-state index contributed by atoms with van der Waals surface area (Å²) in [5, 5.41) is 11.0. The average Bonchev–Trinajstić information content (AvgIpc) is 3.22. The second-order valence-electron chi connectivity index (χ2n) is 7.38. The SMILES string of the molecule is CN=C(NCc1ccccc1Cn1cccn1)NCC1CCN(S(C)(=O)=O)CC1.I. The second-order valence-corrected chi connectivity index (χ2v) is 9.37. The van der Waals surface area contributed by atoms with E-state index in [1.54, 1.807) is 17.5 Å². The Morgan fingerprint density at radius 2 is 1.87 bits per heavy atom. The minimum Gasteiger partial charge on any atom is -0.356 e. The van der Waals surface area contributed by atoms with Gasteiger partial charge in [0.15, 0.2) is 5.96 Å². The van der Waals surface area contributed by atoms with E-state index in [-0.39, 0.29) is 24.0 Å². The quantitative estimate of drug-likeness (QED) is 0.315. The van der Waals surface area contributed by atoms with Crippen molar-refractivity contribution < 1.29 is 8.42 Å². The van der Waals surface area contributed by atoms with E-state index < -0.39 is 10.0 Å². The van der Waals surface area contributed by atoms with E-state index in [2.05, 4.69) is 32.9 Å². The predicted molar refractivity (Wildman–Crippen MR) is 131 cm³/mol. The summed E-state index contributed by atoms with van der Waals surface area (Å²) in [6.45, 7) is 3.38. The molecule has 1 aliphatic heterocycles. The summed E-state index contributed by atoms with van der Waals surface area (Å²) in [7, 11) is -1.32. The minimum atomic E-state index is -3.08. The number of rotatable bonds is 7. The maximum Gasteiger partial charge on any atom is 0.211 e. The summed E-state index contributed by atoms with van der Waals surface area (Å²) in [5.41, 5.74) is 2.42. The number of hydrogen-bond acceptors (Lipinski definition) is 4. The van der Waals surface area contributed by atoms with Crippen LogP contribution in [-0.4, -0.2) is 61.4 Å². The number of benzene rings is 1. The third kappa shape index (κ3) is 7.24. The standard InChI is InChI=1S/C20H30N6O2S.HI/c1-21-20(22-14-17-8-12-26(13-9-17)29(2,27)28)23-15-18-6-3-4-7-19(18)16-25-11-5-10-24-25;/h3-7,10-11,17H,8-9,12-16H2,1-2H3,(H2,21,22,23);1H. The van der Waals surface area contributed by atoms with Gasteiger partial charge in [-0.2, -0.15) is 5.10 Å². The molecule has 0 radical (unpaired) electrons. The summed E-state index contributed by atoms with van der Waals surface area (Å²) in [6.07, 6.45) is 6.75. The highest BCUT2D eigenvalue weighted by Crippen LogP contribution is 2.18. The molecule has 8 nitrogen and oxygen atoms in total. The van der Waals surface area contributed by atoms with Crippen molar-refractivity contribution in [1.29, 1.82) is 0 Å². The summed E-state index contributed by atoms with van der Waals surface area (Å²) in [6, 6.07) is 10.2. The Balaban J connectivity index is 0.00000320. The molecule has 1 saturated heterocycles. The fourth-order valence-electron chi connectivity index (χ4n) is 3.54. The first-order valence-corrected chi connectivity index (χ1v) is 11.7. The molecular formula is C20H31IN6O2S. The largest absolute Gasteiger partial charge is 0.356 e. The van der Waals surface area contributed by atoms with Crippen LogP contribution in [0.25, 0.3) is 0 Å². The molecule has 30 heavy (non-hydrogen) atoms. The van der Waals surface area contributed by atoms with Crippen molar-refractivity contribution in [2.24, 2.45) is 10.9 Å². The predicted octanol–water partition coefficient (Wildman–Crippen LogP) is 1.89. The van der Waals surface area contributed by atoms with E-state index in [1.807, 2.05) is 29.1 Å². The molecule has 1 aromatic carbocycles. The summed E-state index contributed by atoms with van der Waals surface area (Å²) < 4.78 is 26.7. The van der Waals surface area contributed by atoms with Gasteiger partial charge in [0.25, 0.3) is 0 Å². The number of halogens is 1. The lowest BCUT2D eigenvalue weighted by molar-refractivity contribution is 0.275. The van der Waals surface area contributed by atoms with Crippen molar-refractivity contribution in [3.63, 3.8) is 0 Å². The van der Waals surface area contributed by atoms with Gasteiger partial charge in [0, 0.05) is 45.6 Å². The highest BCUT2D eigenvalue weighted by molar-refractivity contribution is 14.0. The van der Waals surface area contributed by atoms with Crippen molar-refractivity contribution in [3.05, 3.63) is 53.9 Å². The Bertz CT molecular complexity index is 909. The Morgan fingerprint density at radius 1 is 1.17 bits per heavy atom. The van der Waals surface area contributed by atoms with Crippen LogP contribution in [-0.2, 0) is 23.1 Å². The second kappa shape index (κ2) is 11.7. The third-order valence-corrected chi connectivity index (χ3v) is 6.58. The molecule has 0 bridgehead atoms. The molecule has 3 rings (SSSR count). The number of guanidine groups is 1. The van der Waals surface area contributed by atoms with Crippen LogP contribution in [0.1, 0.15) is 24.0 Å². The molecule has 2 heterocycles.